The summed E-state index contributed by atoms with van der Waals surface area (Å²) in [5.74, 6) is -0.560. The second kappa shape index (κ2) is 5.34. The minimum atomic E-state index is -0.560. The van der Waals surface area contributed by atoms with Crippen molar-refractivity contribution in [3.05, 3.63) is 56.5 Å². The number of benzene rings is 1. The third-order valence-electron chi connectivity index (χ3n) is 2.92. The highest BCUT2D eigenvalue weighted by Gasteiger charge is 2.20. The molecule has 1 N–H and O–H groups in total. The first-order valence-electron chi connectivity index (χ1n) is 5.70. The molecule has 7 heteroatoms. The summed E-state index contributed by atoms with van der Waals surface area (Å²) in [6.45, 7) is 3.57. The first-order chi connectivity index (χ1) is 9.40. The van der Waals surface area contributed by atoms with Crippen LogP contribution in [0.25, 0.3) is 0 Å². The summed E-state index contributed by atoms with van der Waals surface area (Å²) in [5.41, 5.74) is 1.70. The number of halogens is 1. The van der Waals surface area contributed by atoms with Crippen molar-refractivity contribution in [2.24, 2.45) is 0 Å². The van der Waals surface area contributed by atoms with Gasteiger partial charge in [0.1, 0.15) is 5.69 Å². The van der Waals surface area contributed by atoms with Crippen LogP contribution < -0.4 is 5.32 Å². The zero-order valence-electron chi connectivity index (χ0n) is 10.8. The Hall–Kier alpha value is -2.34. The number of hydrogen-bond acceptors (Lipinski definition) is 4. The van der Waals surface area contributed by atoms with Gasteiger partial charge in [-0.05, 0) is 48.7 Å². The number of anilines is 1. The lowest BCUT2D eigenvalue weighted by atomic mass is 10.1. The Morgan fingerprint density at radius 3 is 2.55 bits per heavy atom. The molecule has 0 fully saturated rings. The number of nitro groups is 1. The van der Waals surface area contributed by atoms with Crippen molar-refractivity contribution >= 4 is 28.9 Å². The van der Waals surface area contributed by atoms with Gasteiger partial charge in [0.05, 0.1) is 16.7 Å². The molecular weight excluding hydrogens is 284 g/mol. The fraction of sp³-hybridized carbons (Fsp3) is 0.154. The Morgan fingerprint density at radius 1 is 1.35 bits per heavy atom. The van der Waals surface area contributed by atoms with Crippen LogP contribution in [0, 0.1) is 24.0 Å². The molecule has 0 radical (unpaired) electrons. The van der Waals surface area contributed by atoms with Gasteiger partial charge in [-0.3, -0.25) is 14.9 Å². The summed E-state index contributed by atoms with van der Waals surface area (Å²) in [4.78, 5) is 22.5. The normalized spacial score (nSPS) is 10.3. The number of nitro benzene ring substituents is 1. The van der Waals surface area contributed by atoms with Crippen LogP contribution in [0.3, 0.4) is 0 Å². The Morgan fingerprint density at radius 2 is 2.00 bits per heavy atom. The number of rotatable bonds is 3. The second-order valence-electron chi connectivity index (χ2n) is 4.27. The minimum Gasteiger partial charge on any atom is -0.452 e. The summed E-state index contributed by atoms with van der Waals surface area (Å²) < 4.78 is 4.81. The molecule has 1 aromatic heterocycles. The monoisotopic (exact) mass is 294 g/mol. The predicted octanol–water partition coefficient (Wildman–Crippen LogP) is 3.71. The highest BCUT2D eigenvalue weighted by Crippen LogP contribution is 2.29. The van der Waals surface area contributed by atoms with Crippen LogP contribution in [-0.4, -0.2) is 10.8 Å². The van der Waals surface area contributed by atoms with Crippen LogP contribution in [0.5, 0.6) is 0 Å². The van der Waals surface area contributed by atoms with E-state index in [4.69, 9.17) is 16.0 Å². The van der Waals surface area contributed by atoms with Gasteiger partial charge in [-0.2, -0.15) is 0 Å². The molecule has 1 heterocycles. The maximum Gasteiger partial charge on any atom is 0.293 e. The van der Waals surface area contributed by atoms with Crippen molar-refractivity contribution in [1.82, 2.24) is 0 Å². The standard InChI is InChI=1S/C13H11ClN2O4/c1-7-5-10(11(16(18)19)6-8(7)2)15-13(17)9-3-4-20-12(9)14/h3-6H,1-2H3,(H,15,17). The average Bonchev–Trinajstić information content (AvgIpc) is 2.79. The average molecular weight is 295 g/mol. The highest BCUT2D eigenvalue weighted by molar-refractivity contribution is 6.32. The molecule has 0 atom stereocenters. The zero-order valence-corrected chi connectivity index (χ0v) is 11.5. The molecule has 1 amide bonds. The summed E-state index contributed by atoms with van der Waals surface area (Å²) >= 11 is 5.70. The Labute approximate surface area is 119 Å². The maximum atomic E-state index is 12.0. The van der Waals surface area contributed by atoms with Gasteiger partial charge in [0.15, 0.2) is 0 Å². The molecule has 1 aromatic carbocycles. The van der Waals surface area contributed by atoms with E-state index in [0.29, 0.717) is 0 Å². The zero-order chi connectivity index (χ0) is 14.9. The van der Waals surface area contributed by atoms with Crippen molar-refractivity contribution in [2.45, 2.75) is 13.8 Å². The van der Waals surface area contributed by atoms with E-state index in [1.807, 2.05) is 0 Å². The van der Waals surface area contributed by atoms with Crippen LogP contribution >= 0.6 is 11.6 Å². The molecule has 0 spiro atoms. The number of carbonyl (C=O) groups excluding carboxylic acids is 1. The summed E-state index contributed by atoms with van der Waals surface area (Å²) in [6.07, 6.45) is 1.27. The lowest BCUT2D eigenvalue weighted by Crippen LogP contribution is -2.13. The lowest BCUT2D eigenvalue weighted by Gasteiger charge is -2.08. The fourth-order valence-electron chi connectivity index (χ4n) is 1.70. The molecule has 2 aromatic rings. The van der Waals surface area contributed by atoms with E-state index >= 15 is 0 Å². The van der Waals surface area contributed by atoms with E-state index in [2.05, 4.69) is 5.32 Å². The third kappa shape index (κ3) is 2.65. The quantitative estimate of drug-likeness (QED) is 0.690. The summed E-state index contributed by atoms with van der Waals surface area (Å²) in [6, 6.07) is 4.37. The lowest BCUT2D eigenvalue weighted by molar-refractivity contribution is -0.384. The number of hydrogen-bond donors (Lipinski definition) is 1. The van der Waals surface area contributed by atoms with E-state index in [-0.39, 0.29) is 22.2 Å². The second-order valence-corrected chi connectivity index (χ2v) is 4.62. The SMILES string of the molecule is Cc1cc(NC(=O)c2ccoc2Cl)c([N+](=O)[O-])cc1C. The first-order valence-corrected chi connectivity index (χ1v) is 6.08. The number of amides is 1. The van der Waals surface area contributed by atoms with Gasteiger partial charge < -0.3 is 9.73 Å². The highest BCUT2D eigenvalue weighted by atomic mass is 35.5. The van der Waals surface area contributed by atoms with Gasteiger partial charge in [-0.1, -0.05) is 0 Å². The van der Waals surface area contributed by atoms with Crippen LogP contribution in [0.15, 0.2) is 28.9 Å². The Kier molecular flexibility index (Phi) is 3.76. The summed E-state index contributed by atoms with van der Waals surface area (Å²) in [7, 11) is 0. The van der Waals surface area contributed by atoms with E-state index in [1.165, 1.54) is 18.4 Å². The van der Waals surface area contributed by atoms with Gasteiger partial charge in [-0.25, -0.2) is 0 Å². The van der Waals surface area contributed by atoms with Crippen LogP contribution in [-0.2, 0) is 0 Å². The van der Waals surface area contributed by atoms with E-state index in [1.54, 1.807) is 19.9 Å². The minimum absolute atomic E-state index is 0.0611. The van der Waals surface area contributed by atoms with Crippen LogP contribution in [0.4, 0.5) is 11.4 Å². The molecule has 0 aliphatic heterocycles. The van der Waals surface area contributed by atoms with Crippen molar-refractivity contribution in [2.75, 3.05) is 5.32 Å². The molecule has 0 saturated heterocycles. The first kappa shape index (κ1) is 14.1. The van der Waals surface area contributed by atoms with Gasteiger partial charge in [0.25, 0.3) is 11.6 Å². The number of nitrogens with zero attached hydrogens (tertiary/aromatic N) is 1. The van der Waals surface area contributed by atoms with Crippen LogP contribution in [0.1, 0.15) is 21.5 Å². The Bertz CT molecular complexity index is 694. The maximum absolute atomic E-state index is 12.0. The predicted molar refractivity (Wildman–Crippen MR) is 74.2 cm³/mol. The fourth-order valence-corrected chi connectivity index (χ4v) is 1.90. The molecule has 0 bridgehead atoms. The molecule has 6 nitrogen and oxygen atoms in total. The molecule has 0 unspecified atom stereocenters. The van der Waals surface area contributed by atoms with Crippen LogP contribution in [0.2, 0.25) is 5.22 Å². The van der Waals surface area contributed by atoms with Crippen molar-refractivity contribution < 1.29 is 14.1 Å². The van der Waals surface area contributed by atoms with Gasteiger partial charge >= 0.3 is 0 Å². The number of furan rings is 1. The number of aryl methyl sites for hydroxylation is 2. The van der Waals surface area contributed by atoms with E-state index in [9.17, 15) is 14.9 Å². The van der Waals surface area contributed by atoms with Crippen molar-refractivity contribution in [1.29, 1.82) is 0 Å². The van der Waals surface area contributed by atoms with Gasteiger partial charge in [0.2, 0.25) is 5.22 Å². The molecule has 104 valence electrons. The molecule has 0 aliphatic carbocycles. The van der Waals surface area contributed by atoms with Crippen molar-refractivity contribution in [3.8, 4) is 0 Å². The number of nitrogens with one attached hydrogen (secondary N) is 1. The molecule has 0 saturated carbocycles. The number of carbonyl (C=O) groups is 1. The largest absolute Gasteiger partial charge is 0.452 e. The molecular formula is C13H11ClN2O4. The Balaban J connectivity index is 2.38. The molecule has 20 heavy (non-hydrogen) atoms. The molecule has 0 aliphatic rings. The van der Waals surface area contributed by atoms with Gasteiger partial charge in [-0.15, -0.1) is 0 Å². The van der Waals surface area contributed by atoms with Crippen molar-refractivity contribution in [3.63, 3.8) is 0 Å². The smallest absolute Gasteiger partial charge is 0.293 e. The molecule has 2 rings (SSSR count). The van der Waals surface area contributed by atoms with E-state index < -0.39 is 10.8 Å². The summed E-state index contributed by atoms with van der Waals surface area (Å²) in [5, 5.41) is 13.4. The van der Waals surface area contributed by atoms with E-state index in [0.717, 1.165) is 11.1 Å². The topological polar surface area (TPSA) is 85.4 Å². The third-order valence-corrected chi connectivity index (χ3v) is 3.21. The van der Waals surface area contributed by atoms with Gasteiger partial charge in [0, 0.05) is 6.07 Å².